The van der Waals surface area contributed by atoms with Crippen LogP contribution in [0.15, 0.2) is 36.7 Å². The predicted molar refractivity (Wildman–Crippen MR) is 92.8 cm³/mol. The Morgan fingerprint density at radius 2 is 1.74 bits per heavy atom. The van der Waals surface area contributed by atoms with Gasteiger partial charge in [0.25, 0.3) is 0 Å². The Morgan fingerprint density at radius 3 is 2.43 bits per heavy atom. The molecule has 1 aliphatic rings. The van der Waals surface area contributed by atoms with Crippen LogP contribution in [-0.4, -0.2) is 54.3 Å². The molecule has 1 aliphatic heterocycles. The summed E-state index contributed by atoms with van der Waals surface area (Å²) in [6, 6.07) is 7.68. The molecular formula is C17H21ClN4O. The van der Waals surface area contributed by atoms with Gasteiger partial charge in [-0.1, -0.05) is 23.7 Å². The number of halogens is 1. The normalized spacial score (nSPS) is 15.5. The minimum atomic E-state index is 0.671. The number of nitrogens with one attached hydrogen (secondary N) is 1. The van der Waals surface area contributed by atoms with Crippen molar-refractivity contribution in [2.45, 2.75) is 6.42 Å². The Bertz CT molecular complexity index is 597. The van der Waals surface area contributed by atoms with Gasteiger partial charge in [0.2, 0.25) is 5.95 Å². The van der Waals surface area contributed by atoms with Crippen LogP contribution in [0.1, 0.15) is 6.42 Å². The fourth-order valence-electron chi connectivity index (χ4n) is 2.54. The van der Waals surface area contributed by atoms with E-state index in [2.05, 4.69) is 20.2 Å². The minimum Gasteiger partial charge on any atom is -0.379 e. The number of hydrogen-bond donors (Lipinski definition) is 1. The number of hydrogen-bond acceptors (Lipinski definition) is 5. The summed E-state index contributed by atoms with van der Waals surface area (Å²) >= 11 is 5.90. The summed E-state index contributed by atoms with van der Waals surface area (Å²) in [6.45, 7) is 5.72. The Hall–Kier alpha value is -1.69. The van der Waals surface area contributed by atoms with Crippen molar-refractivity contribution in [3.8, 4) is 11.1 Å². The van der Waals surface area contributed by atoms with Crippen molar-refractivity contribution >= 4 is 17.5 Å². The smallest absolute Gasteiger partial charge is 0.222 e. The molecule has 23 heavy (non-hydrogen) atoms. The lowest BCUT2D eigenvalue weighted by molar-refractivity contribution is 0.0378. The zero-order chi connectivity index (χ0) is 15.9. The molecule has 2 heterocycles. The van der Waals surface area contributed by atoms with Crippen molar-refractivity contribution in [3.05, 3.63) is 41.7 Å². The average Bonchev–Trinajstić information content (AvgIpc) is 2.61. The number of nitrogens with zero attached hydrogens (tertiary/aromatic N) is 3. The van der Waals surface area contributed by atoms with E-state index in [-0.39, 0.29) is 0 Å². The number of ether oxygens (including phenoxy) is 1. The molecule has 6 heteroatoms. The van der Waals surface area contributed by atoms with Crippen LogP contribution >= 0.6 is 11.6 Å². The lowest BCUT2D eigenvalue weighted by Gasteiger charge is -2.26. The lowest BCUT2D eigenvalue weighted by atomic mass is 10.1. The summed E-state index contributed by atoms with van der Waals surface area (Å²) in [4.78, 5) is 11.2. The van der Waals surface area contributed by atoms with Crippen LogP contribution in [0.3, 0.4) is 0 Å². The van der Waals surface area contributed by atoms with Gasteiger partial charge >= 0.3 is 0 Å². The van der Waals surface area contributed by atoms with E-state index in [0.717, 1.165) is 62.0 Å². The van der Waals surface area contributed by atoms with Gasteiger partial charge in [-0.15, -0.1) is 0 Å². The maximum atomic E-state index is 5.90. The fraction of sp³-hybridized carbons (Fsp3) is 0.412. The van der Waals surface area contributed by atoms with E-state index in [4.69, 9.17) is 16.3 Å². The number of morpholine rings is 1. The zero-order valence-corrected chi connectivity index (χ0v) is 13.8. The summed E-state index contributed by atoms with van der Waals surface area (Å²) < 4.78 is 5.34. The fourth-order valence-corrected chi connectivity index (χ4v) is 2.66. The van der Waals surface area contributed by atoms with Crippen molar-refractivity contribution in [2.75, 3.05) is 44.7 Å². The molecule has 0 radical (unpaired) electrons. The molecule has 0 atom stereocenters. The molecule has 0 unspecified atom stereocenters. The van der Waals surface area contributed by atoms with Gasteiger partial charge in [-0.25, -0.2) is 9.97 Å². The van der Waals surface area contributed by atoms with Gasteiger partial charge in [-0.3, -0.25) is 4.90 Å². The predicted octanol–water partition coefficient (Wildman–Crippen LogP) is 2.93. The van der Waals surface area contributed by atoms with E-state index >= 15 is 0 Å². The average molecular weight is 333 g/mol. The van der Waals surface area contributed by atoms with E-state index in [1.807, 2.05) is 36.7 Å². The van der Waals surface area contributed by atoms with Crippen molar-refractivity contribution in [1.82, 2.24) is 14.9 Å². The van der Waals surface area contributed by atoms with E-state index in [9.17, 15) is 0 Å². The van der Waals surface area contributed by atoms with Crippen molar-refractivity contribution in [3.63, 3.8) is 0 Å². The molecule has 122 valence electrons. The quantitative estimate of drug-likeness (QED) is 0.824. The molecule has 1 aromatic carbocycles. The summed E-state index contributed by atoms with van der Waals surface area (Å²) in [6.07, 6.45) is 4.74. The second-order valence-corrected chi connectivity index (χ2v) is 5.97. The summed E-state index contributed by atoms with van der Waals surface area (Å²) in [5.41, 5.74) is 2.05. The number of rotatable bonds is 6. The first-order valence-corrected chi connectivity index (χ1v) is 8.31. The van der Waals surface area contributed by atoms with E-state index < -0.39 is 0 Å². The molecule has 1 saturated heterocycles. The van der Waals surface area contributed by atoms with E-state index in [1.54, 1.807) is 0 Å². The maximum Gasteiger partial charge on any atom is 0.222 e. The first-order valence-electron chi connectivity index (χ1n) is 7.93. The van der Waals surface area contributed by atoms with Crippen LogP contribution in [0.4, 0.5) is 5.95 Å². The minimum absolute atomic E-state index is 0.671. The molecule has 5 nitrogen and oxygen atoms in total. The third-order valence-electron chi connectivity index (χ3n) is 3.87. The summed E-state index contributed by atoms with van der Waals surface area (Å²) in [5, 5.41) is 4.00. The largest absolute Gasteiger partial charge is 0.379 e. The first kappa shape index (κ1) is 16.2. The highest BCUT2D eigenvalue weighted by Gasteiger charge is 2.09. The van der Waals surface area contributed by atoms with Gasteiger partial charge in [0.1, 0.15) is 0 Å². The van der Waals surface area contributed by atoms with Gasteiger partial charge in [0.05, 0.1) is 13.2 Å². The molecule has 2 aromatic rings. The maximum absolute atomic E-state index is 5.90. The highest BCUT2D eigenvalue weighted by atomic mass is 35.5. The summed E-state index contributed by atoms with van der Waals surface area (Å²) in [5.74, 6) is 0.671. The number of anilines is 1. The molecule has 3 rings (SSSR count). The van der Waals surface area contributed by atoms with Crippen molar-refractivity contribution < 1.29 is 4.74 Å². The van der Waals surface area contributed by atoms with Gasteiger partial charge in [0, 0.05) is 42.6 Å². The lowest BCUT2D eigenvalue weighted by Crippen LogP contribution is -2.37. The molecule has 0 saturated carbocycles. The highest BCUT2D eigenvalue weighted by Crippen LogP contribution is 2.20. The Labute approximate surface area is 141 Å². The third kappa shape index (κ3) is 4.89. The van der Waals surface area contributed by atoms with Crippen LogP contribution in [-0.2, 0) is 4.74 Å². The zero-order valence-electron chi connectivity index (χ0n) is 13.0. The monoisotopic (exact) mass is 332 g/mol. The molecule has 0 spiro atoms. The molecule has 1 fully saturated rings. The SMILES string of the molecule is Clc1ccc(-c2cnc(NCCCN3CCOCC3)nc2)cc1. The van der Waals surface area contributed by atoms with Gasteiger partial charge in [-0.05, 0) is 30.7 Å². The second kappa shape index (κ2) is 8.24. The van der Waals surface area contributed by atoms with Gasteiger partial charge < -0.3 is 10.1 Å². The Balaban J connectivity index is 1.45. The summed E-state index contributed by atoms with van der Waals surface area (Å²) in [7, 11) is 0. The van der Waals surface area contributed by atoms with Crippen LogP contribution in [0.25, 0.3) is 11.1 Å². The Morgan fingerprint density at radius 1 is 1.04 bits per heavy atom. The third-order valence-corrected chi connectivity index (χ3v) is 4.12. The molecule has 1 aromatic heterocycles. The molecular weight excluding hydrogens is 312 g/mol. The van der Waals surface area contributed by atoms with Gasteiger partial charge in [-0.2, -0.15) is 0 Å². The van der Waals surface area contributed by atoms with Crippen LogP contribution in [0.5, 0.6) is 0 Å². The van der Waals surface area contributed by atoms with Crippen LogP contribution < -0.4 is 5.32 Å². The standard InChI is InChI=1S/C17H21ClN4O/c18-16-4-2-14(3-5-16)15-12-20-17(21-13-15)19-6-1-7-22-8-10-23-11-9-22/h2-5,12-13H,1,6-11H2,(H,19,20,21). The topological polar surface area (TPSA) is 50.3 Å². The number of aromatic nitrogens is 2. The Kier molecular flexibility index (Phi) is 5.80. The van der Waals surface area contributed by atoms with E-state index in [0.29, 0.717) is 5.95 Å². The van der Waals surface area contributed by atoms with Crippen LogP contribution in [0, 0.1) is 0 Å². The van der Waals surface area contributed by atoms with Crippen molar-refractivity contribution in [1.29, 1.82) is 0 Å². The molecule has 1 N–H and O–H groups in total. The van der Waals surface area contributed by atoms with Gasteiger partial charge in [0.15, 0.2) is 0 Å². The number of benzene rings is 1. The molecule has 0 aliphatic carbocycles. The van der Waals surface area contributed by atoms with Crippen molar-refractivity contribution in [2.24, 2.45) is 0 Å². The highest BCUT2D eigenvalue weighted by molar-refractivity contribution is 6.30. The van der Waals surface area contributed by atoms with E-state index in [1.165, 1.54) is 0 Å². The molecule has 0 amide bonds. The second-order valence-electron chi connectivity index (χ2n) is 5.54. The van der Waals surface area contributed by atoms with Crippen LogP contribution in [0.2, 0.25) is 5.02 Å². The first-order chi connectivity index (χ1) is 11.3. The molecule has 0 bridgehead atoms.